The summed E-state index contributed by atoms with van der Waals surface area (Å²) in [6.45, 7) is 5.91. The van der Waals surface area contributed by atoms with Gasteiger partial charge in [-0.2, -0.15) is 0 Å². The summed E-state index contributed by atoms with van der Waals surface area (Å²) in [5, 5.41) is 2.84. The number of carbonyl (C=O) groups is 2. The van der Waals surface area contributed by atoms with Crippen LogP contribution in [0.15, 0.2) is 24.3 Å². The van der Waals surface area contributed by atoms with Crippen LogP contribution in [0.2, 0.25) is 0 Å². The van der Waals surface area contributed by atoms with Crippen LogP contribution in [0.5, 0.6) is 5.75 Å². The Kier molecular flexibility index (Phi) is 5.63. The van der Waals surface area contributed by atoms with E-state index in [1.807, 2.05) is 24.3 Å². The van der Waals surface area contributed by atoms with Crippen LogP contribution in [0.3, 0.4) is 0 Å². The third-order valence-corrected chi connectivity index (χ3v) is 3.76. The number of nitrogens with one attached hydrogen (secondary N) is 2. The first-order valence-electron chi connectivity index (χ1n) is 7.75. The molecular formula is C18H22N2O4. The summed E-state index contributed by atoms with van der Waals surface area (Å²) in [5.41, 5.74) is 2.98. The van der Waals surface area contributed by atoms with E-state index in [1.54, 1.807) is 27.9 Å². The Balaban J connectivity index is 2.09. The molecule has 0 fully saturated rings. The van der Waals surface area contributed by atoms with E-state index in [4.69, 9.17) is 9.47 Å². The largest absolute Gasteiger partial charge is 0.497 e. The maximum Gasteiger partial charge on any atom is 0.340 e. The maximum atomic E-state index is 12.4. The van der Waals surface area contributed by atoms with E-state index in [2.05, 4.69) is 10.3 Å². The lowest BCUT2D eigenvalue weighted by Crippen LogP contribution is -2.24. The second-order valence-electron chi connectivity index (χ2n) is 5.38. The number of benzene rings is 1. The van der Waals surface area contributed by atoms with Gasteiger partial charge >= 0.3 is 5.97 Å². The van der Waals surface area contributed by atoms with Gasteiger partial charge in [-0.05, 0) is 44.0 Å². The molecule has 0 saturated carbocycles. The smallest absolute Gasteiger partial charge is 0.340 e. The standard InChI is InChI=1S/C18H22N2O4/c1-5-24-18(22)15-11(2)16(20-12(15)3)17(21)19-10-13-6-8-14(23-4)9-7-13/h6-9,20H,5,10H2,1-4H3,(H,19,21). The Hall–Kier alpha value is -2.76. The van der Waals surface area contributed by atoms with E-state index >= 15 is 0 Å². The number of aromatic amines is 1. The number of methoxy groups -OCH3 is 1. The molecule has 1 aromatic carbocycles. The molecule has 0 aliphatic heterocycles. The number of rotatable bonds is 6. The number of hydrogen-bond acceptors (Lipinski definition) is 4. The molecule has 1 aromatic heterocycles. The van der Waals surface area contributed by atoms with E-state index in [-0.39, 0.29) is 5.91 Å². The van der Waals surface area contributed by atoms with Crippen molar-refractivity contribution in [2.75, 3.05) is 13.7 Å². The van der Waals surface area contributed by atoms with Gasteiger partial charge in [-0.1, -0.05) is 12.1 Å². The third kappa shape index (κ3) is 3.76. The molecule has 128 valence electrons. The van der Waals surface area contributed by atoms with Crippen LogP contribution in [0.1, 0.15) is 44.6 Å². The van der Waals surface area contributed by atoms with Crippen LogP contribution in [0.4, 0.5) is 0 Å². The minimum atomic E-state index is -0.419. The summed E-state index contributed by atoms with van der Waals surface area (Å²) in [7, 11) is 1.61. The zero-order chi connectivity index (χ0) is 17.7. The highest BCUT2D eigenvalue weighted by Gasteiger charge is 2.22. The van der Waals surface area contributed by atoms with Gasteiger partial charge in [0.25, 0.3) is 5.91 Å². The Morgan fingerprint density at radius 2 is 1.83 bits per heavy atom. The van der Waals surface area contributed by atoms with Crippen molar-refractivity contribution >= 4 is 11.9 Å². The summed E-state index contributed by atoms with van der Waals surface area (Å²) in [6, 6.07) is 7.45. The molecule has 2 aromatic rings. The molecule has 0 bridgehead atoms. The summed E-state index contributed by atoms with van der Waals surface area (Å²) in [5.74, 6) is 0.0833. The lowest BCUT2D eigenvalue weighted by Gasteiger charge is -2.06. The molecule has 1 amide bonds. The van der Waals surface area contributed by atoms with Crippen molar-refractivity contribution in [1.29, 1.82) is 0 Å². The predicted octanol–water partition coefficient (Wildman–Crippen LogP) is 2.75. The van der Waals surface area contributed by atoms with Crippen molar-refractivity contribution in [3.05, 3.63) is 52.3 Å². The number of aromatic nitrogens is 1. The Morgan fingerprint density at radius 1 is 1.17 bits per heavy atom. The first kappa shape index (κ1) is 17.6. The fourth-order valence-corrected chi connectivity index (χ4v) is 2.50. The lowest BCUT2D eigenvalue weighted by molar-refractivity contribution is 0.0525. The predicted molar refractivity (Wildman–Crippen MR) is 90.4 cm³/mol. The lowest BCUT2D eigenvalue weighted by atomic mass is 10.1. The average molecular weight is 330 g/mol. The van der Waals surface area contributed by atoms with E-state index in [1.165, 1.54) is 0 Å². The number of hydrogen-bond donors (Lipinski definition) is 2. The molecule has 24 heavy (non-hydrogen) atoms. The molecule has 0 unspecified atom stereocenters. The van der Waals surface area contributed by atoms with E-state index in [0.717, 1.165) is 11.3 Å². The zero-order valence-electron chi connectivity index (χ0n) is 14.4. The van der Waals surface area contributed by atoms with Crippen molar-refractivity contribution in [1.82, 2.24) is 10.3 Å². The highest BCUT2D eigenvalue weighted by Crippen LogP contribution is 2.19. The normalized spacial score (nSPS) is 10.3. The van der Waals surface area contributed by atoms with Gasteiger partial charge in [0.15, 0.2) is 0 Å². The van der Waals surface area contributed by atoms with Gasteiger partial charge in [0.1, 0.15) is 11.4 Å². The second kappa shape index (κ2) is 7.68. The highest BCUT2D eigenvalue weighted by atomic mass is 16.5. The van der Waals surface area contributed by atoms with Gasteiger partial charge < -0.3 is 19.8 Å². The molecule has 6 heteroatoms. The zero-order valence-corrected chi connectivity index (χ0v) is 14.4. The van der Waals surface area contributed by atoms with Gasteiger partial charge in [0, 0.05) is 12.2 Å². The Bertz CT molecular complexity index is 732. The van der Waals surface area contributed by atoms with Crippen molar-refractivity contribution in [2.45, 2.75) is 27.3 Å². The molecule has 0 saturated heterocycles. The summed E-state index contributed by atoms with van der Waals surface area (Å²) in [4.78, 5) is 27.3. The SMILES string of the molecule is CCOC(=O)c1c(C)[nH]c(C(=O)NCc2ccc(OC)cc2)c1C. The van der Waals surface area contributed by atoms with Crippen LogP contribution in [-0.4, -0.2) is 30.6 Å². The molecule has 0 atom stereocenters. The summed E-state index contributed by atoms with van der Waals surface area (Å²) >= 11 is 0. The molecule has 0 aliphatic carbocycles. The molecule has 2 N–H and O–H groups in total. The van der Waals surface area contributed by atoms with E-state index in [0.29, 0.717) is 35.7 Å². The van der Waals surface area contributed by atoms with Crippen LogP contribution in [0.25, 0.3) is 0 Å². The fraction of sp³-hybridized carbons (Fsp3) is 0.333. The number of amides is 1. The molecule has 2 rings (SSSR count). The summed E-state index contributed by atoms with van der Waals surface area (Å²) in [6.07, 6.45) is 0. The molecule has 0 aliphatic rings. The van der Waals surface area contributed by atoms with Crippen LogP contribution >= 0.6 is 0 Å². The first-order valence-corrected chi connectivity index (χ1v) is 7.75. The van der Waals surface area contributed by atoms with Crippen LogP contribution < -0.4 is 10.1 Å². The van der Waals surface area contributed by atoms with E-state index < -0.39 is 5.97 Å². The van der Waals surface area contributed by atoms with Gasteiger partial charge in [-0.15, -0.1) is 0 Å². The molecule has 1 heterocycles. The quantitative estimate of drug-likeness (QED) is 0.798. The summed E-state index contributed by atoms with van der Waals surface area (Å²) < 4.78 is 10.1. The number of ether oxygens (including phenoxy) is 2. The van der Waals surface area contributed by atoms with Crippen molar-refractivity contribution in [3.8, 4) is 5.75 Å². The third-order valence-electron chi connectivity index (χ3n) is 3.76. The number of aryl methyl sites for hydroxylation is 1. The Morgan fingerprint density at radius 3 is 2.42 bits per heavy atom. The van der Waals surface area contributed by atoms with Crippen molar-refractivity contribution < 1.29 is 19.1 Å². The van der Waals surface area contributed by atoms with Crippen LogP contribution in [-0.2, 0) is 11.3 Å². The van der Waals surface area contributed by atoms with Gasteiger partial charge in [0.2, 0.25) is 0 Å². The minimum Gasteiger partial charge on any atom is -0.497 e. The Labute approximate surface area is 141 Å². The minimum absolute atomic E-state index is 0.262. The second-order valence-corrected chi connectivity index (χ2v) is 5.38. The highest BCUT2D eigenvalue weighted by molar-refractivity contribution is 6.00. The topological polar surface area (TPSA) is 80.4 Å². The van der Waals surface area contributed by atoms with Crippen molar-refractivity contribution in [2.24, 2.45) is 0 Å². The first-order chi connectivity index (χ1) is 11.5. The average Bonchev–Trinajstić information content (AvgIpc) is 2.88. The fourth-order valence-electron chi connectivity index (χ4n) is 2.50. The van der Waals surface area contributed by atoms with Crippen molar-refractivity contribution in [3.63, 3.8) is 0 Å². The van der Waals surface area contributed by atoms with E-state index in [9.17, 15) is 9.59 Å². The van der Waals surface area contributed by atoms with Gasteiger partial charge in [-0.3, -0.25) is 4.79 Å². The number of carbonyl (C=O) groups excluding carboxylic acids is 2. The molecule has 0 spiro atoms. The van der Waals surface area contributed by atoms with Gasteiger partial charge in [-0.25, -0.2) is 4.79 Å². The molecule has 0 radical (unpaired) electrons. The molecule has 6 nitrogen and oxygen atoms in total. The molecular weight excluding hydrogens is 308 g/mol. The maximum absolute atomic E-state index is 12.4. The monoisotopic (exact) mass is 330 g/mol. The van der Waals surface area contributed by atoms with Gasteiger partial charge in [0.05, 0.1) is 19.3 Å². The van der Waals surface area contributed by atoms with Crippen LogP contribution in [0, 0.1) is 13.8 Å². The number of esters is 1. The number of H-pyrrole nitrogens is 1.